The number of fused-ring (bicyclic) bond motifs is 12. The average Bonchev–Trinajstić information content (AvgIpc) is 3.90. The van der Waals surface area contributed by atoms with E-state index in [9.17, 15) is 0 Å². The number of benzene rings is 7. The first-order valence-electron chi connectivity index (χ1n) is 20.4. The van der Waals surface area contributed by atoms with Crippen LogP contribution in [0.15, 0.2) is 168 Å². The SMILES string of the molecule is CCC1(C)c2c(cccc2N(c2ccc(-c3ccccc3)cc2)c2ccc3c(c2)c2cccc4c2n3-c2ccccc2C4(C)C)-c2ccc3oc4cnccc4c3c21. The molecule has 10 aromatic rings. The molecule has 4 heteroatoms. The van der Waals surface area contributed by atoms with Crippen LogP contribution in [0.25, 0.3) is 71.7 Å². The van der Waals surface area contributed by atoms with Gasteiger partial charge in [0.25, 0.3) is 0 Å². The van der Waals surface area contributed by atoms with Gasteiger partial charge < -0.3 is 13.9 Å². The van der Waals surface area contributed by atoms with E-state index >= 15 is 0 Å². The Morgan fingerprint density at radius 1 is 0.603 bits per heavy atom. The molecule has 7 aromatic carbocycles. The fourth-order valence-electron chi connectivity index (χ4n) is 10.7. The van der Waals surface area contributed by atoms with Crippen molar-refractivity contribution in [2.45, 2.75) is 44.9 Å². The van der Waals surface area contributed by atoms with E-state index in [4.69, 9.17) is 4.42 Å². The van der Waals surface area contributed by atoms with Crippen molar-refractivity contribution in [1.82, 2.24) is 9.55 Å². The number of hydrogen-bond donors (Lipinski definition) is 0. The summed E-state index contributed by atoms with van der Waals surface area (Å²) in [6, 6.07) is 56.1. The van der Waals surface area contributed by atoms with Crippen molar-refractivity contribution < 1.29 is 4.42 Å². The van der Waals surface area contributed by atoms with Crippen LogP contribution >= 0.6 is 0 Å². The zero-order valence-corrected chi connectivity index (χ0v) is 33.0. The van der Waals surface area contributed by atoms with Crippen LogP contribution in [0.4, 0.5) is 17.1 Å². The molecule has 58 heavy (non-hydrogen) atoms. The maximum atomic E-state index is 6.44. The summed E-state index contributed by atoms with van der Waals surface area (Å²) in [5.41, 5.74) is 18.9. The van der Waals surface area contributed by atoms with Gasteiger partial charge in [0, 0.05) is 49.9 Å². The molecule has 4 nitrogen and oxygen atoms in total. The standard InChI is InChI=1S/C54H41N3O/c1-5-54(4)50-37(38-26-28-47-49(51(38)54)40-29-30-55-32-48(40)58-47)15-12-20-46(50)56(35-23-21-34(22-24-35)33-13-7-6-8-14-33)36-25-27-44-41(31-36)39-16-11-18-43-52(39)57(44)45-19-10-9-17-42(45)53(43,2)3/h6-32H,5H2,1-4H3. The topological polar surface area (TPSA) is 34.2 Å². The molecule has 1 aliphatic carbocycles. The Morgan fingerprint density at radius 2 is 1.34 bits per heavy atom. The number of rotatable bonds is 5. The lowest BCUT2D eigenvalue weighted by Gasteiger charge is -2.34. The molecule has 278 valence electrons. The van der Waals surface area contributed by atoms with Crippen LogP contribution in [0, 0.1) is 0 Å². The van der Waals surface area contributed by atoms with Gasteiger partial charge in [-0.05, 0) is 106 Å². The van der Waals surface area contributed by atoms with Crippen LogP contribution in [0.2, 0.25) is 0 Å². The minimum absolute atomic E-state index is 0.123. The number of hydrogen-bond acceptors (Lipinski definition) is 3. The largest absolute Gasteiger partial charge is 0.454 e. The molecule has 0 N–H and O–H groups in total. The zero-order valence-electron chi connectivity index (χ0n) is 33.0. The molecule has 1 unspecified atom stereocenters. The Kier molecular flexibility index (Phi) is 6.77. The highest BCUT2D eigenvalue weighted by molar-refractivity contribution is 6.14. The lowest BCUT2D eigenvalue weighted by atomic mass is 9.75. The molecule has 0 saturated heterocycles. The summed E-state index contributed by atoms with van der Waals surface area (Å²) in [4.78, 5) is 6.91. The lowest BCUT2D eigenvalue weighted by Crippen LogP contribution is -2.26. The molecule has 4 heterocycles. The van der Waals surface area contributed by atoms with E-state index in [1.807, 2.05) is 12.4 Å². The second kappa shape index (κ2) is 11.8. The Balaban J connectivity index is 1.13. The summed E-state index contributed by atoms with van der Waals surface area (Å²) < 4.78 is 8.94. The number of pyridine rings is 1. The first kappa shape index (κ1) is 33.3. The molecule has 1 aliphatic heterocycles. The third-order valence-electron chi connectivity index (χ3n) is 13.6. The van der Waals surface area contributed by atoms with Crippen LogP contribution in [0.3, 0.4) is 0 Å². The van der Waals surface area contributed by atoms with E-state index in [1.165, 1.54) is 83.1 Å². The van der Waals surface area contributed by atoms with Crippen LogP contribution in [0.1, 0.15) is 56.4 Å². The van der Waals surface area contributed by atoms with Gasteiger partial charge in [-0.25, -0.2) is 0 Å². The molecule has 0 amide bonds. The van der Waals surface area contributed by atoms with Gasteiger partial charge in [-0.2, -0.15) is 0 Å². The molecule has 0 saturated carbocycles. The summed E-state index contributed by atoms with van der Waals surface area (Å²) in [6.07, 6.45) is 4.65. The molecular formula is C54H41N3O. The van der Waals surface area contributed by atoms with Gasteiger partial charge >= 0.3 is 0 Å². The Morgan fingerprint density at radius 3 is 2.19 bits per heavy atom. The summed E-state index contributed by atoms with van der Waals surface area (Å²) >= 11 is 0. The summed E-state index contributed by atoms with van der Waals surface area (Å²) in [5, 5.41) is 4.85. The van der Waals surface area contributed by atoms with Gasteiger partial charge in [0.05, 0.1) is 28.6 Å². The molecule has 0 radical (unpaired) electrons. The Bertz CT molecular complexity index is 3310. The monoisotopic (exact) mass is 747 g/mol. The molecule has 2 aliphatic rings. The third-order valence-corrected chi connectivity index (χ3v) is 13.6. The minimum Gasteiger partial charge on any atom is -0.454 e. The summed E-state index contributed by atoms with van der Waals surface area (Å²) in [6.45, 7) is 9.49. The third kappa shape index (κ3) is 4.32. The van der Waals surface area contributed by atoms with Crippen molar-refractivity contribution >= 4 is 60.8 Å². The van der Waals surface area contributed by atoms with E-state index in [-0.39, 0.29) is 10.8 Å². The van der Waals surface area contributed by atoms with Gasteiger partial charge in [0.2, 0.25) is 0 Å². The average molecular weight is 748 g/mol. The van der Waals surface area contributed by atoms with Crippen molar-refractivity contribution in [3.8, 4) is 27.9 Å². The Hall–Kier alpha value is -6.91. The van der Waals surface area contributed by atoms with E-state index in [1.54, 1.807) is 0 Å². The normalized spacial score (nSPS) is 16.2. The van der Waals surface area contributed by atoms with E-state index < -0.39 is 0 Å². The molecule has 12 rings (SSSR count). The molecule has 0 fully saturated rings. The molecule has 0 bridgehead atoms. The quantitative estimate of drug-likeness (QED) is 0.176. The highest BCUT2D eigenvalue weighted by Gasteiger charge is 2.43. The number of aromatic nitrogens is 2. The highest BCUT2D eigenvalue weighted by atomic mass is 16.3. The second-order valence-electron chi connectivity index (χ2n) is 16.8. The van der Waals surface area contributed by atoms with Crippen LogP contribution in [-0.4, -0.2) is 9.55 Å². The zero-order chi connectivity index (χ0) is 38.9. The summed E-state index contributed by atoms with van der Waals surface area (Å²) in [7, 11) is 0. The molecule has 3 aromatic heterocycles. The fourth-order valence-corrected chi connectivity index (χ4v) is 10.7. The summed E-state index contributed by atoms with van der Waals surface area (Å²) in [5.74, 6) is 0. The van der Waals surface area contributed by atoms with Crippen molar-refractivity contribution in [3.05, 3.63) is 186 Å². The number of nitrogens with zero attached hydrogens (tertiary/aromatic N) is 3. The first-order chi connectivity index (χ1) is 28.4. The van der Waals surface area contributed by atoms with E-state index in [0.717, 1.165) is 34.3 Å². The second-order valence-corrected chi connectivity index (χ2v) is 16.8. The van der Waals surface area contributed by atoms with Crippen molar-refractivity contribution in [2.24, 2.45) is 0 Å². The predicted octanol–water partition coefficient (Wildman–Crippen LogP) is 14.6. The van der Waals surface area contributed by atoms with Crippen LogP contribution < -0.4 is 4.90 Å². The van der Waals surface area contributed by atoms with Crippen molar-refractivity contribution in [3.63, 3.8) is 0 Å². The molecular weight excluding hydrogens is 707 g/mol. The highest BCUT2D eigenvalue weighted by Crippen LogP contribution is 2.59. The maximum Gasteiger partial charge on any atom is 0.153 e. The van der Waals surface area contributed by atoms with Gasteiger partial charge in [-0.3, -0.25) is 4.98 Å². The van der Waals surface area contributed by atoms with Crippen molar-refractivity contribution in [1.29, 1.82) is 0 Å². The van der Waals surface area contributed by atoms with Crippen LogP contribution in [0.5, 0.6) is 0 Å². The van der Waals surface area contributed by atoms with Gasteiger partial charge in [-0.1, -0.05) is 125 Å². The van der Waals surface area contributed by atoms with Gasteiger partial charge in [0.1, 0.15) is 5.58 Å². The maximum absolute atomic E-state index is 6.44. The van der Waals surface area contributed by atoms with Gasteiger partial charge in [-0.15, -0.1) is 0 Å². The smallest absolute Gasteiger partial charge is 0.153 e. The predicted molar refractivity (Wildman–Crippen MR) is 240 cm³/mol. The molecule has 0 spiro atoms. The number of anilines is 3. The van der Waals surface area contributed by atoms with Crippen molar-refractivity contribution in [2.75, 3.05) is 4.90 Å². The van der Waals surface area contributed by atoms with Crippen LogP contribution in [-0.2, 0) is 10.8 Å². The van der Waals surface area contributed by atoms with Gasteiger partial charge in [0.15, 0.2) is 5.58 Å². The minimum atomic E-state index is -0.299. The number of furan rings is 1. The lowest BCUT2D eigenvalue weighted by molar-refractivity contribution is 0.569. The Labute approximate surface area is 337 Å². The number of para-hydroxylation sites is 2. The molecule has 1 atom stereocenters. The van der Waals surface area contributed by atoms with E-state index in [2.05, 4.69) is 194 Å². The first-order valence-corrected chi connectivity index (χ1v) is 20.4. The fraction of sp³-hybridized carbons (Fsp3) is 0.130. The van der Waals surface area contributed by atoms with E-state index in [0.29, 0.717) is 0 Å².